The summed E-state index contributed by atoms with van der Waals surface area (Å²) in [6, 6.07) is 16.8. The van der Waals surface area contributed by atoms with Crippen molar-refractivity contribution in [1.29, 1.82) is 0 Å². The molecule has 2 atom stereocenters. The molecule has 0 amide bonds. The Hall–Kier alpha value is -0.800. The predicted molar refractivity (Wildman–Crippen MR) is 140 cm³/mol. The molecule has 182 valence electrons. The van der Waals surface area contributed by atoms with E-state index < -0.39 is 11.4 Å². The minimum Gasteiger partial charge on any atom is -0.390 e. The normalized spacial score (nSPS) is 20.7. The Morgan fingerprint density at radius 2 is 1.36 bits per heavy atom. The average molecular weight is 584 g/mol. The van der Waals surface area contributed by atoms with Gasteiger partial charge in [-0.2, -0.15) is 0 Å². The highest BCUT2D eigenvalue weighted by Gasteiger charge is 2.45. The van der Waals surface area contributed by atoms with Crippen LogP contribution in [0, 0.1) is 0 Å². The van der Waals surface area contributed by atoms with Crippen molar-refractivity contribution in [2.75, 3.05) is 19.8 Å². The maximum absolute atomic E-state index is 10.8. The highest BCUT2D eigenvalue weighted by Crippen LogP contribution is 2.41. The Kier molecular flexibility index (Phi) is 9.95. The molecule has 1 aliphatic carbocycles. The quantitative estimate of drug-likeness (QED) is 0.388. The minimum absolute atomic E-state index is 0.132. The summed E-state index contributed by atoms with van der Waals surface area (Å²) in [5, 5.41) is 14.3. The SMILES string of the molecule is C[C@H](N)c1ccc(Br)cc1.C[C@H](NCCC1(O)CCC2(CC1)OCCO2)c1ccc(Br)cc1. The van der Waals surface area contributed by atoms with E-state index in [1.165, 1.54) is 11.1 Å². The van der Waals surface area contributed by atoms with Crippen molar-refractivity contribution in [3.63, 3.8) is 0 Å². The molecule has 2 fully saturated rings. The molecule has 0 unspecified atom stereocenters. The number of halogens is 2. The molecule has 0 aromatic heterocycles. The van der Waals surface area contributed by atoms with Crippen LogP contribution in [0.4, 0.5) is 0 Å². The van der Waals surface area contributed by atoms with E-state index in [0.717, 1.165) is 47.6 Å². The molecular weight excluding hydrogens is 548 g/mol. The average Bonchev–Trinajstić information content (AvgIpc) is 3.26. The topological polar surface area (TPSA) is 76.7 Å². The van der Waals surface area contributed by atoms with Crippen LogP contribution in [-0.4, -0.2) is 36.3 Å². The molecule has 2 aromatic carbocycles. The first kappa shape index (κ1) is 26.8. The van der Waals surface area contributed by atoms with Gasteiger partial charge < -0.3 is 25.6 Å². The highest BCUT2D eigenvalue weighted by atomic mass is 79.9. The molecule has 33 heavy (non-hydrogen) atoms. The first-order chi connectivity index (χ1) is 15.7. The first-order valence-electron chi connectivity index (χ1n) is 11.7. The number of nitrogens with two attached hydrogens (primary N) is 1. The Morgan fingerprint density at radius 1 is 0.879 bits per heavy atom. The summed E-state index contributed by atoms with van der Waals surface area (Å²) in [7, 11) is 0. The summed E-state index contributed by atoms with van der Waals surface area (Å²) in [5.74, 6) is -0.398. The molecule has 1 heterocycles. The Labute approximate surface area is 214 Å². The Bertz CT molecular complexity index is 843. The van der Waals surface area contributed by atoms with Crippen LogP contribution in [0.25, 0.3) is 0 Å². The number of benzene rings is 2. The standard InChI is InChI=1S/C18H26BrNO3.C8H10BrN/c1-14(15-2-4-16(19)5-3-15)20-11-10-17(21)6-8-18(9-7-17)22-12-13-23-18;1-6(10)7-2-4-8(9)5-3-7/h2-5,14,20-21H,6-13H2,1H3;2-6H,10H2,1H3/t14-;6-/m00/s1. The van der Waals surface area contributed by atoms with E-state index in [-0.39, 0.29) is 12.1 Å². The van der Waals surface area contributed by atoms with Gasteiger partial charge in [-0.15, -0.1) is 0 Å². The van der Waals surface area contributed by atoms with Gasteiger partial charge in [-0.05, 0) is 75.0 Å². The zero-order chi connectivity index (χ0) is 23.9. The summed E-state index contributed by atoms with van der Waals surface area (Å²) < 4.78 is 13.7. The molecule has 7 heteroatoms. The lowest BCUT2D eigenvalue weighted by Gasteiger charge is -2.40. The van der Waals surface area contributed by atoms with Crippen LogP contribution in [0.5, 0.6) is 0 Å². The van der Waals surface area contributed by atoms with Crippen LogP contribution in [0.15, 0.2) is 57.5 Å². The number of hydrogen-bond donors (Lipinski definition) is 3. The lowest BCUT2D eigenvalue weighted by Crippen LogP contribution is -2.45. The van der Waals surface area contributed by atoms with E-state index in [0.29, 0.717) is 13.2 Å². The molecule has 4 rings (SSSR count). The van der Waals surface area contributed by atoms with Gasteiger partial charge in [0.05, 0.1) is 18.8 Å². The van der Waals surface area contributed by atoms with Crippen molar-refractivity contribution in [3.05, 3.63) is 68.6 Å². The van der Waals surface area contributed by atoms with Gasteiger partial charge in [-0.3, -0.25) is 0 Å². The number of rotatable bonds is 6. The van der Waals surface area contributed by atoms with Crippen molar-refractivity contribution in [2.45, 2.75) is 69.4 Å². The smallest absolute Gasteiger partial charge is 0.168 e. The van der Waals surface area contributed by atoms with Gasteiger partial charge in [-0.25, -0.2) is 0 Å². The van der Waals surface area contributed by atoms with Gasteiger partial charge in [0.2, 0.25) is 0 Å². The maximum atomic E-state index is 10.8. The van der Waals surface area contributed by atoms with Gasteiger partial charge in [0.15, 0.2) is 5.79 Å². The van der Waals surface area contributed by atoms with Crippen LogP contribution < -0.4 is 11.1 Å². The molecule has 2 aliphatic rings. The number of ether oxygens (including phenoxy) is 2. The van der Waals surface area contributed by atoms with Crippen molar-refractivity contribution in [3.8, 4) is 0 Å². The largest absolute Gasteiger partial charge is 0.390 e. The summed E-state index contributed by atoms with van der Waals surface area (Å²) in [6.07, 6.45) is 3.87. The summed E-state index contributed by atoms with van der Waals surface area (Å²) in [6.45, 7) is 6.31. The fraction of sp³-hybridized carbons (Fsp3) is 0.538. The molecule has 1 spiro atoms. The second kappa shape index (κ2) is 12.2. The van der Waals surface area contributed by atoms with Crippen LogP contribution in [0.3, 0.4) is 0 Å². The Morgan fingerprint density at radius 3 is 1.85 bits per heavy atom. The van der Waals surface area contributed by atoms with Gasteiger partial charge in [0, 0.05) is 33.9 Å². The molecular formula is C26H36Br2N2O3. The van der Waals surface area contributed by atoms with E-state index in [9.17, 15) is 5.11 Å². The second-order valence-corrected chi connectivity index (χ2v) is 11.0. The van der Waals surface area contributed by atoms with Crippen LogP contribution in [0.1, 0.15) is 69.2 Å². The summed E-state index contributed by atoms with van der Waals surface area (Å²) in [4.78, 5) is 0. The monoisotopic (exact) mass is 582 g/mol. The molecule has 2 aromatic rings. The van der Waals surface area contributed by atoms with Gasteiger partial charge in [-0.1, -0.05) is 56.1 Å². The maximum Gasteiger partial charge on any atom is 0.168 e. The second-order valence-electron chi connectivity index (χ2n) is 9.15. The lowest BCUT2D eigenvalue weighted by molar-refractivity contribution is -0.203. The fourth-order valence-electron chi connectivity index (χ4n) is 4.29. The van der Waals surface area contributed by atoms with E-state index in [1.807, 2.05) is 31.2 Å². The fourth-order valence-corrected chi connectivity index (χ4v) is 4.82. The van der Waals surface area contributed by atoms with E-state index in [2.05, 4.69) is 68.4 Å². The number of nitrogens with one attached hydrogen (secondary N) is 1. The van der Waals surface area contributed by atoms with E-state index in [1.54, 1.807) is 0 Å². The third-order valence-corrected chi connectivity index (χ3v) is 7.62. The van der Waals surface area contributed by atoms with Crippen molar-refractivity contribution in [2.24, 2.45) is 5.73 Å². The highest BCUT2D eigenvalue weighted by molar-refractivity contribution is 9.10. The lowest BCUT2D eigenvalue weighted by atomic mass is 9.79. The third kappa shape index (κ3) is 8.13. The molecule has 4 N–H and O–H groups in total. The zero-order valence-electron chi connectivity index (χ0n) is 19.5. The van der Waals surface area contributed by atoms with E-state index in [4.69, 9.17) is 15.2 Å². The zero-order valence-corrected chi connectivity index (χ0v) is 22.7. The van der Waals surface area contributed by atoms with Crippen LogP contribution in [-0.2, 0) is 9.47 Å². The predicted octanol–water partition coefficient (Wildman–Crippen LogP) is 6.01. The molecule has 1 saturated heterocycles. The van der Waals surface area contributed by atoms with Crippen molar-refractivity contribution < 1.29 is 14.6 Å². The van der Waals surface area contributed by atoms with Crippen molar-refractivity contribution >= 4 is 31.9 Å². The van der Waals surface area contributed by atoms with Gasteiger partial charge in [0.25, 0.3) is 0 Å². The summed E-state index contributed by atoms with van der Waals surface area (Å²) >= 11 is 6.81. The number of hydrogen-bond acceptors (Lipinski definition) is 5. The molecule has 0 bridgehead atoms. The molecule has 0 radical (unpaired) electrons. The molecule has 5 nitrogen and oxygen atoms in total. The minimum atomic E-state index is -0.590. The summed E-state index contributed by atoms with van der Waals surface area (Å²) in [5.41, 5.74) is 7.49. The Balaban J connectivity index is 0.000000257. The van der Waals surface area contributed by atoms with Crippen molar-refractivity contribution in [1.82, 2.24) is 5.32 Å². The molecule has 1 saturated carbocycles. The van der Waals surface area contributed by atoms with Gasteiger partial charge in [0.1, 0.15) is 0 Å². The first-order valence-corrected chi connectivity index (χ1v) is 13.3. The molecule has 1 aliphatic heterocycles. The van der Waals surface area contributed by atoms with E-state index >= 15 is 0 Å². The van der Waals surface area contributed by atoms with Gasteiger partial charge >= 0.3 is 0 Å². The number of aliphatic hydroxyl groups is 1. The third-order valence-electron chi connectivity index (χ3n) is 6.56. The van der Waals surface area contributed by atoms with Crippen LogP contribution in [0.2, 0.25) is 0 Å². The van der Waals surface area contributed by atoms with Crippen LogP contribution >= 0.6 is 31.9 Å².